The number of benzene rings is 2. The highest BCUT2D eigenvalue weighted by Crippen LogP contribution is 2.19. The maximum atomic E-state index is 11.9. The summed E-state index contributed by atoms with van der Waals surface area (Å²) in [4.78, 5) is 11.9. The van der Waals surface area contributed by atoms with Crippen molar-refractivity contribution in [1.82, 2.24) is 15.2 Å². The van der Waals surface area contributed by atoms with Gasteiger partial charge in [0, 0.05) is 0 Å². The third kappa shape index (κ3) is 5.43. The van der Waals surface area contributed by atoms with Gasteiger partial charge in [-0.25, -0.2) is 10.1 Å². The Morgan fingerprint density at radius 3 is 2.69 bits per heavy atom. The highest BCUT2D eigenvalue weighted by Gasteiger charge is 2.12. The molecule has 3 rings (SSSR count). The molecule has 7 nitrogen and oxygen atoms in total. The number of halogens is 1. The molecular formula is C21H18ClN5O2. The van der Waals surface area contributed by atoms with Gasteiger partial charge in [0.15, 0.2) is 6.61 Å². The highest BCUT2D eigenvalue weighted by molar-refractivity contribution is 6.32. The van der Waals surface area contributed by atoms with Gasteiger partial charge in [0.1, 0.15) is 10.9 Å². The fourth-order valence-electron chi connectivity index (χ4n) is 2.55. The van der Waals surface area contributed by atoms with Gasteiger partial charge in [-0.15, -0.1) is 0 Å². The zero-order valence-electron chi connectivity index (χ0n) is 15.7. The molecule has 146 valence electrons. The van der Waals surface area contributed by atoms with Gasteiger partial charge >= 0.3 is 0 Å². The first kappa shape index (κ1) is 20.1. The number of nitrogens with one attached hydrogen (secondary N) is 1. The number of nitriles is 1. The summed E-state index contributed by atoms with van der Waals surface area (Å²) in [5.41, 5.74) is 5.33. The third-order valence-electron chi connectivity index (χ3n) is 4.02. The van der Waals surface area contributed by atoms with Crippen LogP contribution in [0.5, 0.6) is 5.75 Å². The predicted molar refractivity (Wildman–Crippen MR) is 110 cm³/mol. The van der Waals surface area contributed by atoms with Crippen molar-refractivity contribution in [2.24, 2.45) is 5.10 Å². The zero-order chi connectivity index (χ0) is 20.6. The number of rotatable bonds is 7. The van der Waals surface area contributed by atoms with Gasteiger partial charge in [-0.3, -0.25) is 4.79 Å². The minimum atomic E-state index is -0.420. The number of aryl methyl sites for hydroxylation is 1. The van der Waals surface area contributed by atoms with Crippen molar-refractivity contribution >= 4 is 23.7 Å². The number of carbonyl (C=O) groups excluding carboxylic acids is 1. The number of hydrogen-bond acceptors (Lipinski definition) is 5. The van der Waals surface area contributed by atoms with Gasteiger partial charge in [-0.2, -0.15) is 15.5 Å². The van der Waals surface area contributed by atoms with E-state index in [2.05, 4.69) is 15.6 Å². The van der Waals surface area contributed by atoms with Crippen LogP contribution in [0, 0.1) is 18.3 Å². The first-order chi connectivity index (χ1) is 14.1. The van der Waals surface area contributed by atoms with Gasteiger partial charge in [0.05, 0.1) is 35.6 Å². The molecule has 1 N–H and O–H groups in total. The van der Waals surface area contributed by atoms with Crippen LogP contribution in [0.4, 0.5) is 0 Å². The first-order valence-electron chi connectivity index (χ1n) is 8.78. The number of amides is 1. The Morgan fingerprint density at radius 2 is 2.00 bits per heavy atom. The van der Waals surface area contributed by atoms with Crippen LogP contribution in [-0.2, 0) is 11.3 Å². The number of nitrogens with zero attached hydrogens (tertiary/aromatic N) is 4. The number of ether oxygens (including phenoxy) is 1. The topological polar surface area (TPSA) is 92.3 Å². The van der Waals surface area contributed by atoms with Crippen molar-refractivity contribution in [3.63, 3.8) is 0 Å². The second-order valence-electron chi connectivity index (χ2n) is 6.15. The first-order valence-corrected chi connectivity index (χ1v) is 9.16. The lowest BCUT2D eigenvalue weighted by molar-refractivity contribution is -0.123. The molecule has 0 saturated carbocycles. The summed E-state index contributed by atoms with van der Waals surface area (Å²) in [6.45, 7) is 2.16. The smallest absolute Gasteiger partial charge is 0.277 e. The third-order valence-corrected chi connectivity index (χ3v) is 4.42. The van der Waals surface area contributed by atoms with E-state index in [-0.39, 0.29) is 6.61 Å². The summed E-state index contributed by atoms with van der Waals surface area (Å²) in [6, 6.07) is 18.3. The van der Waals surface area contributed by atoms with Gasteiger partial charge in [0.25, 0.3) is 5.91 Å². The normalized spacial score (nSPS) is 10.7. The van der Waals surface area contributed by atoms with Crippen LogP contribution in [-0.4, -0.2) is 28.5 Å². The standard InChI is InChI=1S/C21H18ClN5O2/c1-15-19(21(22)27(26-15)13-17-5-3-2-4-6-17)12-24-25-20(28)14-29-18-9-7-16(11-23)8-10-18/h2-10,12H,13-14H2,1H3,(H,25,28)/b24-12-. The molecule has 0 fully saturated rings. The molecule has 0 aliphatic heterocycles. The van der Waals surface area contributed by atoms with Crippen molar-refractivity contribution in [1.29, 1.82) is 5.26 Å². The summed E-state index contributed by atoms with van der Waals surface area (Å²) in [5, 5.41) is 17.6. The number of carbonyl (C=O) groups is 1. The largest absolute Gasteiger partial charge is 0.484 e. The maximum absolute atomic E-state index is 11.9. The van der Waals surface area contributed by atoms with E-state index in [1.54, 1.807) is 28.9 Å². The number of hydrogen-bond donors (Lipinski definition) is 1. The molecule has 0 radical (unpaired) electrons. The van der Waals surface area contributed by atoms with Gasteiger partial charge in [-0.1, -0.05) is 41.9 Å². The van der Waals surface area contributed by atoms with Gasteiger partial charge in [0.2, 0.25) is 0 Å². The Bertz CT molecular complexity index is 1050. The van der Waals surface area contributed by atoms with Crippen LogP contribution in [0.2, 0.25) is 5.15 Å². The van der Waals surface area contributed by atoms with E-state index < -0.39 is 5.91 Å². The molecule has 1 aromatic heterocycles. The number of hydrazone groups is 1. The Hall–Kier alpha value is -3.63. The molecule has 2 aromatic carbocycles. The lowest BCUT2D eigenvalue weighted by Crippen LogP contribution is -2.24. The van der Waals surface area contributed by atoms with Crippen molar-refractivity contribution in [3.8, 4) is 11.8 Å². The minimum Gasteiger partial charge on any atom is -0.484 e. The van der Waals surface area contributed by atoms with Crippen molar-refractivity contribution < 1.29 is 9.53 Å². The Morgan fingerprint density at radius 1 is 1.28 bits per heavy atom. The molecule has 1 amide bonds. The summed E-state index contributed by atoms with van der Waals surface area (Å²) in [6.07, 6.45) is 1.46. The number of aromatic nitrogens is 2. The molecular weight excluding hydrogens is 390 g/mol. The van der Waals surface area contributed by atoms with Crippen LogP contribution in [0.25, 0.3) is 0 Å². The quantitative estimate of drug-likeness (QED) is 0.480. The predicted octanol–water partition coefficient (Wildman–Crippen LogP) is 3.29. The maximum Gasteiger partial charge on any atom is 0.277 e. The Kier molecular flexibility index (Phi) is 6.61. The van der Waals surface area contributed by atoms with Crippen molar-refractivity contribution in [2.45, 2.75) is 13.5 Å². The molecule has 0 bridgehead atoms. The Labute approximate surface area is 173 Å². The second kappa shape index (κ2) is 9.53. The van der Waals surface area contributed by atoms with Crippen molar-refractivity contribution in [2.75, 3.05) is 6.61 Å². The zero-order valence-corrected chi connectivity index (χ0v) is 16.4. The van der Waals surface area contributed by atoms with E-state index in [0.29, 0.717) is 34.3 Å². The molecule has 0 spiro atoms. The molecule has 0 aliphatic carbocycles. The van der Waals surface area contributed by atoms with E-state index >= 15 is 0 Å². The Balaban J connectivity index is 1.55. The van der Waals surface area contributed by atoms with Crippen LogP contribution in [0.1, 0.15) is 22.4 Å². The van der Waals surface area contributed by atoms with E-state index in [9.17, 15) is 4.79 Å². The van der Waals surface area contributed by atoms with Gasteiger partial charge < -0.3 is 4.74 Å². The second-order valence-corrected chi connectivity index (χ2v) is 6.51. The molecule has 8 heteroatoms. The average molecular weight is 408 g/mol. The molecule has 0 unspecified atom stereocenters. The summed E-state index contributed by atoms with van der Waals surface area (Å²) in [7, 11) is 0. The lowest BCUT2D eigenvalue weighted by atomic mass is 10.2. The van der Waals surface area contributed by atoms with Crippen molar-refractivity contribution in [3.05, 3.63) is 82.1 Å². The van der Waals surface area contributed by atoms with E-state index in [0.717, 1.165) is 5.56 Å². The summed E-state index contributed by atoms with van der Waals surface area (Å²) in [5.74, 6) is 0.0697. The lowest BCUT2D eigenvalue weighted by Gasteiger charge is -2.04. The van der Waals surface area contributed by atoms with E-state index in [1.807, 2.05) is 43.3 Å². The molecule has 1 heterocycles. The van der Waals surface area contributed by atoms with Crippen LogP contribution in [0.15, 0.2) is 59.7 Å². The monoisotopic (exact) mass is 407 g/mol. The highest BCUT2D eigenvalue weighted by atomic mass is 35.5. The summed E-state index contributed by atoms with van der Waals surface area (Å²) >= 11 is 6.41. The average Bonchev–Trinajstić information content (AvgIpc) is 3.00. The minimum absolute atomic E-state index is 0.205. The van der Waals surface area contributed by atoms with E-state index in [1.165, 1.54) is 6.21 Å². The molecule has 0 aliphatic rings. The van der Waals surface area contributed by atoms with E-state index in [4.69, 9.17) is 21.6 Å². The molecule has 3 aromatic rings. The SMILES string of the molecule is Cc1nn(Cc2ccccc2)c(Cl)c1/C=N\NC(=O)COc1ccc(C#N)cc1. The fraction of sp³-hybridized carbons (Fsp3) is 0.143. The van der Waals surface area contributed by atoms with Crippen LogP contribution < -0.4 is 10.2 Å². The molecule has 0 saturated heterocycles. The molecule has 29 heavy (non-hydrogen) atoms. The van der Waals surface area contributed by atoms with Crippen LogP contribution >= 0.6 is 11.6 Å². The molecule has 0 atom stereocenters. The van der Waals surface area contributed by atoms with Crippen LogP contribution in [0.3, 0.4) is 0 Å². The van der Waals surface area contributed by atoms with Gasteiger partial charge in [-0.05, 0) is 36.8 Å². The fourth-order valence-corrected chi connectivity index (χ4v) is 2.83. The summed E-state index contributed by atoms with van der Waals surface area (Å²) < 4.78 is 7.03.